The van der Waals surface area contributed by atoms with E-state index in [0.29, 0.717) is 23.4 Å². The Morgan fingerprint density at radius 3 is 2.51 bits per heavy atom. The number of carbonyl (C=O) groups excluding carboxylic acids is 2. The van der Waals surface area contributed by atoms with Gasteiger partial charge in [-0.3, -0.25) is 9.69 Å². The smallest absolute Gasteiger partial charge is 0.410 e. The van der Waals surface area contributed by atoms with Gasteiger partial charge in [0.15, 0.2) is 0 Å². The van der Waals surface area contributed by atoms with Gasteiger partial charge in [0.25, 0.3) is 0 Å². The summed E-state index contributed by atoms with van der Waals surface area (Å²) in [5.74, 6) is 7.76. The van der Waals surface area contributed by atoms with Crippen molar-refractivity contribution in [1.29, 1.82) is 5.26 Å². The van der Waals surface area contributed by atoms with Gasteiger partial charge in [0.2, 0.25) is 11.9 Å². The standard InChI is InChI=1S/C31H39N7O3/c1-20(38(5)30(40)41-31(2,3)4)28(39)35-26-8-6-7-21(17-26)9-12-23-19-33-29(37-27(23)34-24-15-16-24)36-25-13-10-22(18-32)11-14-25/h10-11,13-14,19-21,24,26H,6-8,15-17H2,1-5H3,(H,35,39)(H2,33,34,36,37)/t20-,21-,26-/m0/s1. The molecule has 2 fully saturated rings. The Hall–Kier alpha value is -4.31. The van der Waals surface area contributed by atoms with Gasteiger partial charge in [-0.05, 0) is 84.1 Å². The molecule has 3 N–H and O–H groups in total. The third kappa shape index (κ3) is 8.84. The minimum atomic E-state index is -0.652. The lowest BCUT2D eigenvalue weighted by Gasteiger charge is -2.31. The van der Waals surface area contributed by atoms with Gasteiger partial charge in [0, 0.05) is 30.7 Å². The Balaban J connectivity index is 1.38. The molecule has 4 rings (SSSR count). The van der Waals surface area contributed by atoms with Gasteiger partial charge in [0.1, 0.15) is 17.5 Å². The van der Waals surface area contributed by atoms with Crippen molar-refractivity contribution >= 4 is 29.5 Å². The van der Waals surface area contributed by atoms with Crippen LogP contribution in [0.5, 0.6) is 0 Å². The van der Waals surface area contributed by atoms with Crippen molar-refractivity contribution < 1.29 is 14.3 Å². The lowest BCUT2D eigenvalue weighted by atomic mass is 9.86. The molecule has 3 atom stereocenters. The van der Waals surface area contributed by atoms with Crippen molar-refractivity contribution in [2.75, 3.05) is 17.7 Å². The number of likely N-dealkylation sites (N-methyl/N-ethyl adjacent to an activating group) is 1. The lowest BCUT2D eigenvalue weighted by molar-refractivity contribution is -0.126. The quantitative estimate of drug-likeness (QED) is 0.408. The first kappa shape index (κ1) is 29.7. The van der Waals surface area contributed by atoms with E-state index >= 15 is 0 Å². The van der Waals surface area contributed by atoms with Crippen molar-refractivity contribution in [2.45, 2.75) is 89.9 Å². The van der Waals surface area contributed by atoms with E-state index in [1.165, 1.54) is 4.90 Å². The summed E-state index contributed by atoms with van der Waals surface area (Å²) in [4.78, 5) is 35.8. The molecule has 2 saturated carbocycles. The van der Waals surface area contributed by atoms with E-state index in [-0.39, 0.29) is 17.9 Å². The van der Waals surface area contributed by atoms with Crippen molar-refractivity contribution in [1.82, 2.24) is 20.2 Å². The molecule has 0 unspecified atom stereocenters. The normalized spacial score (nSPS) is 19.0. The fourth-order valence-corrected chi connectivity index (χ4v) is 4.44. The fraction of sp³-hybridized carbons (Fsp3) is 0.516. The Morgan fingerprint density at radius 2 is 1.85 bits per heavy atom. The number of amides is 2. The number of ether oxygens (including phenoxy) is 1. The first-order chi connectivity index (χ1) is 19.5. The molecule has 2 aliphatic rings. The number of aromatic nitrogens is 2. The maximum absolute atomic E-state index is 12.9. The zero-order valence-electron chi connectivity index (χ0n) is 24.5. The van der Waals surface area contributed by atoms with Crippen LogP contribution in [0.1, 0.15) is 77.3 Å². The maximum atomic E-state index is 12.9. The third-order valence-electron chi connectivity index (χ3n) is 7.05. The largest absolute Gasteiger partial charge is 0.444 e. The molecule has 0 saturated heterocycles. The van der Waals surface area contributed by atoms with Crippen molar-refractivity contribution in [3.8, 4) is 17.9 Å². The SMILES string of the molecule is C[C@@H](C(=O)N[C@H]1CCC[C@@H](C#Cc2cnc(Nc3ccc(C#N)cc3)nc2NC2CC2)C1)N(C)C(=O)OC(C)(C)C. The van der Waals surface area contributed by atoms with Gasteiger partial charge in [-0.1, -0.05) is 18.3 Å². The molecular weight excluding hydrogens is 518 g/mol. The highest BCUT2D eigenvalue weighted by atomic mass is 16.6. The van der Waals surface area contributed by atoms with Gasteiger partial charge in [-0.15, -0.1) is 0 Å². The van der Waals surface area contributed by atoms with Crippen LogP contribution in [-0.2, 0) is 9.53 Å². The summed E-state index contributed by atoms with van der Waals surface area (Å²) in [6.07, 6.45) is 6.93. The molecule has 1 heterocycles. The Morgan fingerprint density at radius 1 is 1.12 bits per heavy atom. The second-order valence-corrected chi connectivity index (χ2v) is 11.8. The molecule has 0 aliphatic heterocycles. The molecule has 2 amide bonds. The zero-order chi connectivity index (χ0) is 29.6. The number of rotatable bonds is 7. The number of carbonyl (C=O) groups is 2. The van der Waals surface area contributed by atoms with Gasteiger partial charge in [-0.2, -0.15) is 10.2 Å². The highest BCUT2D eigenvalue weighted by Gasteiger charge is 2.30. The van der Waals surface area contributed by atoms with E-state index in [2.05, 4.69) is 43.8 Å². The van der Waals surface area contributed by atoms with E-state index in [1.54, 1.807) is 53.1 Å². The van der Waals surface area contributed by atoms with Crippen LogP contribution >= 0.6 is 0 Å². The van der Waals surface area contributed by atoms with E-state index in [4.69, 9.17) is 10.00 Å². The predicted octanol–water partition coefficient (Wildman–Crippen LogP) is 4.95. The number of hydrogen-bond donors (Lipinski definition) is 3. The molecule has 216 valence electrons. The van der Waals surface area contributed by atoms with Gasteiger partial charge >= 0.3 is 6.09 Å². The number of hydrogen-bond acceptors (Lipinski definition) is 8. The molecule has 2 aliphatic carbocycles. The minimum absolute atomic E-state index is 0.00987. The van der Waals surface area contributed by atoms with Gasteiger partial charge in [0.05, 0.1) is 23.4 Å². The zero-order valence-corrected chi connectivity index (χ0v) is 24.5. The van der Waals surface area contributed by atoms with Gasteiger partial charge in [-0.25, -0.2) is 9.78 Å². The molecule has 1 aromatic carbocycles. The highest BCUT2D eigenvalue weighted by Crippen LogP contribution is 2.28. The summed E-state index contributed by atoms with van der Waals surface area (Å²) in [6, 6.07) is 8.96. The number of nitrogens with one attached hydrogen (secondary N) is 3. The van der Waals surface area contributed by atoms with E-state index in [9.17, 15) is 9.59 Å². The van der Waals surface area contributed by atoms with Crippen molar-refractivity contribution in [3.63, 3.8) is 0 Å². The third-order valence-corrected chi connectivity index (χ3v) is 7.05. The lowest BCUT2D eigenvalue weighted by Crippen LogP contribution is -2.50. The second-order valence-electron chi connectivity index (χ2n) is 11.8. The summed E-state index contributed by atoms with van der Waals surface area (Å²) >= 11 is 0. The molecule has 2 aromatic rings. The fourth-order valence-electron chi connectivity index (χ4n) is 4.44. The summed E-state index contributed by atoms with van der Waals surface area (Å²) in [5.41, 5.74) is 1.49. The summed E-state index contributed by atoms with van der Waals surface area (Å²) in [7, 11) is 1.58. The first-order valence-corrected chi connectivity index (χ1v) is 14.2. The van der Waals surface area contributed by atoms with Crippen LogP contribution in [0.4, 0.5) is 22.2 Å². The van der Waals surface area contributed by atoms with E-state index in [1.807, 2.05) is 12.1 Å². The minimum Gasteiger partial charge on any atom is -0.444 e. The second kappa shape index (κ2) is 12.9. The molecule has 41 heavy (non-hydrogen) atoms. The van der Waals surface area contributed by atoms with Crippen molar-refractivity contribution in [2.24, 2.45) is 5.92 Å². The van der Waals surface area contributed by atoms with Crippen LogP contribution in [0.3, 0.4) is 0 Å². The summed E-state index contributed by atoms with van der Waals surface area (Å²) in [6.45, 7) is 7.10. The number of nitriles is 1. The average molecular weight is 558 g/mol. The number of anilines is 3. The predicted molar refractivity (Wildman–Crippen MR) is 157 cm³/mol. The Bertz CT molecular complexity index is 1350. The van der Waals surface area contributed by atoms with E-state index in [0.717, 1.165) is 49.8 Å². The van der Waals surface area contributed by atoms with Crippen LogP contribution in [0.15, 0.2) is 30.5 Å². The molecule has 0 spiro atoms. The van der Waals surface area contributed by atoms with Gasteiger partial charge < -0.3 is 20.7 Å². The van der Waals surface area contributed by atoms with Crippen LogP contribution < -0.4 is 16.0 Å². The summed E-state index contributed by atoms with van der Waals surface area (Å²) in [5, 5.41) is 18.8. The Kier molecular flexibility index (Phi) is 9.34. The highest BCUT2D eigenvalue weighted by molar-refractivity contribution is 5.85. The van der Waals surface area contributed by atoms with Crippen LogP contribution in [-0.4, -0.2) is 57.6 Å². The van der Waals surface area contributed by atoms with E-state index < -0.39 is 17.7 Å². The number of nitrogens with zero attached hydrogens (tertiary/aromatic N) is 4. The molecule has 1 aromatic heterocycles. The molecule has 10 heteroatoms. The molecular formula is C31H39N7O3. The van der Waals surface area contributed by atoms with Crippen LogP contribution in [0.25, 0.3) is 0 Å². The topological polar surface area (TPSA) is 132 Å². The number of benzene rings is 1. The Labute approximate surface area is 242 Å². The first-order valence-electron chi connectivity index (χ1n) is 14.2. The monoisotopic (exact) mass is 557 g/mol. The molecule has 0 bridgehead atoms. The average Bonchev–Trinajstić information content (AvgIpc) is 3.75. The molecule has 0 radical (unpaired) electrons. The van der Waals surface area contributed by atoms with Crippen LogP contribution in [0.2, 0.25) is 0 Å². The van der Waals surface area contributed by atoms with Crippen molar-refractivity contribution in [3.05, 3.63) is 41.6 Å². The van der Waals surface area contributed by atoms with Crippen LogP contribution in [0, 0.1) is 29.1 Å². The molecule has 10 nitrogen and oxygen atoms in total. The summed E-state index contributed by atoms with van der Waals surface area (Å²) < 4.78 is 5.39. The maximum Gasteiger partial charge on any atom is 0.410 e.